The zero-order valence-electron chi connectivity index (χ0n) is 12.7. The molecular weight excluding hydrogens is 276 g/mol. The Morgan fingerprint density at radius 2 is 1.77 bits per heavy atom. The maximum absolute atomic E-state index is 12.8. The molecule has 0 aromatic heterocycles. The van der Waals surface area contributed by atoms with E-state index < -0.39 is 5.54 Å². The first-order chi connectivity index (χ1) is 10.5. The first-order valence-corrected chi connectivity index (χ1v) is 7.26. The lowest BCUT2D eigenvalue weighted by atomic mass is 9.92. The van der Waals surface area contributed by atoms with Gasteiger partial charge >= 0.3 is 6.03 Å². The normalized spacial score (nSPS) is 21.1. The minimum Gasteiger partial charge on any atom is -0.319 e. The highest BCUT2D eigenvalue weighted by molar-refractivity contribution is 6.07. The first-order valence-electron chi connectivity index (χ1n) is 7.26. The molecule has 1 fully saturated rings. The van der Waals surface area contributed by atoms with Gasteiger partial charge in [0.05, 0.1) is 6.54 Å². The van der Waals surface area contributed by atoms with Crippen LogP contribution in [0.1, 0.15) is 23.6 Å². The monoisotopic (exact) mass is 294 g/mol. The van der Waals surface area contributed by atoms with E-state index in [1.165, 1.54) is 4.90 Å². The molecule has 1 unspecified atom stereocenters. The molecule has 0 aliphatic carbocycles. The van der Waals surface area contributed by atoms with Crippen molar-refractivity contribution in [1.82, 2.24) is 10.2 Å². The van der Waals surface area contributed by atoms with Crippen LogP contribution < -0.4 is 5.32 Å². The summed E-state index contributed by atoms with van der Waals surface area (Å²) in [5.74, 6) is -0.217. The van der Waals surface area contributed by atoms with Crippen molar-refractivity contribution in [2.45, 2.75) is 25.9 Å². The molecule has 0 spiro atoms. The second kappa shape index (κ2) is 5.30. The molecule has 1 atom stereocenters. The van der Waals surface area contributed by atoms with Gasteiger partial charge in [0.2, 0.25) is 0 Å². The van der Waals surface area contributed by atoms with E-state index in [1.807, 2.05) is 61.5 Å². The fourth-order valence-electron chi connectivity index (χ4n) is 2.80. The predicted molar refractivity (Wildman–Crippen MR) is 84.1 cm³/mol. The summed E-state index contributed by atoms with van der Waals surface area (Å²) in [6, 6.07) is 16.8. The van der Waals surface area contributed by atoms with Crippen molar-refractivity contribution in [2.24, 2.45) is 0 Å². The molecule has 1 saturated heterocycles. The average Bonchev–Trinajstić information content (AvgIpc) is 2.73. The zero-order chi connectivity index (χ0) is 15.7. The van der Waals surface area contributed by atoms with Gasteiger partial charge in [0.25, 0.3) is 5.91 Å². The van der Waals surface area contributed by atoms with Crippen molar-refractivity contribution in [2.75, 3.05) is 0 Å². The molecule has 112 valence electrons. The van der Waals surface area contributed by atoms with E-state index in [1.54, 1.807) is 6.92 Å². The van der Waals surface area contributed by atoms with Crippen molar-refractivity contribution in [1.29, 1.82) is 0 Å². The lowest BCUT2D eigenvalue weighted by Gasteiger charge is -2.22. The molecule has 4 heteroatoms. The molecule has 1 aliphatic heterocycles. The number of hydrogen-bond donors (Lipinski definition) is 1. The van der Waals surface area contributed by atoms with Crippen molar-refractivity contribution < 1.29 is 9.59 Å². The summed E-state index contributed by atoms with van der Waals surface area (Å²) >= 11 is 0. The summed E-state index contributed by atoms with van der Waals surface area (Å²) in [5, 5.41) is 2.82. The van der Waals surface area contributed by atoms with Gasteiger partial charge < -0.3 is 5.32 Å². The number of carbonyl (C=O) groups is 2. The summed E-state index contributed by atoms with van der Waals surface area (Å²) in [5.41, 5.74) is 1.85. The van der Waals surface area contributed by atoms with Gasteiger partial charge in [-0.15, -0.1) is 0 Å². The minimum absolute atomic E-state index is 0.217. The van der Waals surface area contributed by atoms with Crippen LogP contribution in [0.2, 0.25) is 0 Å². The molecule has 22 heavy (non-hydrogen) atoms. The van der Waals surface area contributed by atoms with Crippen LogP contribution in [-0.2, 0) is 16.9 Å². The van der Waals surface area contributed by atoms with Gasteiger partial charge in [-0.2, -0.15) is 0 Å². The molecule has 0 radical (unpaired) electrons. The highest BCUT2D eigenvalue weighted by Gasteiger charge is 2.48. The smallest absolute Gasteiger partial charge is 0.319 e. The molecule has 0 bridgehead atoms. The second-order valence-corrected chi connectivity index (χ2v) is 5.80. The third kappa shape index (κ3) is 2.37. The number of urea groups is 1. The SMILES string of the molecule is Cc1cccc(CN2C(=O)NC(C)(c3ccccc3)C2=O)c1. The zero-order valence-corrected chi connectivity index (χ0v) is 12.7. The number of imide groups is 1. The Kier molecular flexibility index (Phi) is 3.45. The van der Waals surface area contributed by atoms with Crippen molar-refractivity contribution in [3.8, 4) is 0 Å². The lowest BCUT2D eigenvalue weighted by molar-refractivity contribution is -0.131. The van der Waals surface area contributed by atoms with E-state index in [2.05, 4.69) is 5.32 Å². The highest BCUT2D eigenvalue weighted by atomic mass is 16.2. The van der Waals surface area contributed by atoms with Crippen LogP contribution in [0, 0.1) is 6.92 Å². The number of aryl methyl sites for hydroxylation is 1. The number of nitrogens with zero attached hydrogens (tertiary/aromatic N) is 1. The molecule has 3 rings (SSSR count). The number of carbonyl (C=O) groups excluding carboxylic acids is 2. The van der Waals surface area contributed by atoms with E-state index in [4.69, 9.17) is 0 Å². The summed E-state index contributed by atoms with van der Waals surface area (Å²) in [4.78, 5) is 26.3. The van der Waals surface area contributed by atoms with Crippen LogP contribution in [0.3, 0.4) is 0 Å². The largest absolute Gasteiger partial charge is 0.325 e. The number of amides is 3. The summed E-state index contributed by atoms with van der Waals surface area (Å²) in [6.07, 6.45) is 0. The van der Waals surface area contributed by atoms with Gasteiger partial charge in [-0.3, -0.25) is 9.69 Å². The van der Waals surface area contributed by atoms with E-state index in [-0.39, 0.29) is 18.5 Å². The van der Waals surface area contributed by atoms with Crippen molar-refractivity contribution in [3.63, 3.8) is 0 Å². The number of hydrogen-bond acceptors (Lipinski definition) is 2. The average molecular weight is 294 g/mol. The molecule has 4 nitrogen and oxygen atoms in total. The topological polar surface area (TPSA) is 49.4 Å². The van der Waals surface area contributed by atoms with Crippen LogP contribution >= 0.6 is 0 Å². The molecular formula is C18H18N2O2. The fourth-order valence-corrected chi connectivity index (χ4v) is 2.80. The van der Waals surface area contributed by atoms with Crippen molar-refractivity contribution in [3.05, 3.63) is 71.3 Å². The molecule has 1 heterocycles. The Bertz CT molecular complexity index is 727. The van der Waals surface area contributed by atoms with E-state index in [9.17, 15) is 9.59 Å². The van der Waals surface area contributed by atoms with Crippen LogP contribution in [0.25, 0.3) is 0 Å². The highest BCUT2D eigenvalue weighted by Crippen LogP contribution is 2.29. The summed E-state index contributed by atoms with van der Waals surface area (Å²) in [6.45, 7) is 4.02. The second-order valence-electron chi connectivity index (χ2n) is 5.80. The fraction of sp³-hybridized carbons (Fsp3) is 0.222. The van der Waals surface area contributed by atoms with Gasteiger partial charge in [-0.25, -0.2) is 4.79 Å². The molecule has 2 aromatic rings. The van der Waals surface area contributed by atoms with Crippen LogP contribution in [0.4, 0.5) is 4.79 Å². The van der Waals surface area contributed by atoms with E-state index in [0.717, 1.165) is 16.7 Å². The minimum atomic E-state index is -0.998. The molecule has 2 aromatic carbocycles. The Hall–Kier alpha value is -2.62. The number of nitrogens with one attached hydrogen (secondary N) is 1. The number of rotatable bonds is 3. The molecule has 0 saturated carbocycles. The molecule has 1 N–H and O–H groups in total. The van der Waals surface area contributed by atoms with Crippen LogP contribution in [-0.4, -0.2) is 16.8 Å². The van der Waals surface area contributed by atoms with Gasteiger partial charge in [0.15, 0.2) is 0 Å². The molecule has 1 aliphatic rings. The third-order valence-corrected chi connectivity index (χ3v) is 4.05. The molecule has 3 amide bonds. The van der Waals surface area contributed by atoms with E-state index >= 15 is 0 Å². The number of benzene rings is 2. The standard InChI is InChI=1S/C18H18N2O2/c1-13-7-6-8-14(11-13)12-20-16(21)18(2,19-17(20)22)15-9-4-3-5-10-15/h3-11H,12H2,1-2H3,(H,19,22). The quantitative estimate of drug-likeness (QED) is 0.885. The van der Waals surface area contributed by atoms with E-state index in [0.29, 0.717) is 0 Å². The Labute approximate surface area is 129 Å². The van der Waals surface area contributed by atoms with Gasteiger partial charge in [-0.1, -0.05) is 60.2 Å². The maximum atomic E-state index is 12.8. The Balaban J connectivity index is 1.89. The van der Waals surface area contributed by atoms with Crippen LogP contribution in [0.5, 0.6) is 0 Å². The summed E-state index contributed by atoms with van der Waals surface area (Å²) in [7, 11) is 0. The predicted octanol–water partition coefficient (Wildman–Crippen LogP) is 2.96. The third-order valence-electron chi connectivity index (χ3n) is 4.05. The van der Waals surface area contributed by atoms with Gasteiger partial charge in [-0.05, 0) is 25.0 Å². The Morgan fingerprint density at radius 3 is 2.45 bits per heavy atom. The van der Waals surface area contributed by atoms with Gasteiger partial charge in [0, 0.05) is 0 Å². The maximum Gasteiger partial charge on any atom is 0.325 e. The summed E-state index contributed by atoms with van der Waals surface area (Å²) < 4.78 is 0. The van der Waals surface area contributed by atoms with Crippen LogP contribution in [0.15, 0.2) is 54.6 Å². The van der Waals surface area contributed by atoms with Crippen molar-refractivity contribution >= 4 is 11.9 Å². The lowest BCUT2D eigenvalue weighted by Crippen LogP contribution is -2.40. The van der Waals surface area contributed by atoms with Gasteiger partial charge in [0.1, 0.15) is 5.54 Å². The Morgan fingerprint density at radius 1 is 1.05 bits per heavy atom. The first kappa shape index (κ1) is 14.3.